The van der Waals surface area contributed by atoms with Crippen molar-refractivity contribution in [3.05, 3.63) is 42.5 Å². The van der Waals surface area contributed by atoms with Gasteiger partial charge in [0.1, 0.15) is 5.82 Å². The number of benzene rings is 2. The molecule has 6 heteroatoms. The highest BCUT2D eigenvalue weighted by Crippen LogP contribution is 2.32. The number of aromatic amines is 1. The normalized spacial score (nSPS) is 10.5. The maximum absolute atomic E-state index is 11.2. The first-order valence-electron chi connectivity index (χ1n) is 7.04. The van der Waals surface area contributed by atoms with Crippen LogP contribution in [0.1, 0.15) is 0 Å². The third-order valence-electron chi connectivity index (χ3n) is 3.40. The van der Waals surface area contributed by atoms with Gasteiger partial charge in [-0.15, -0.1) is 0 Å². The SMILES string of the molecule is COC(=O)COc1ccc(-c2nc3ccccc3[nH]2)cc1OC. The fraction of sp³-hybridized carbons (Fsp3) is 0.176. The molecule has 0 unspecified atom stereocenters. The van der Waals surface area contributed by atoms with Crippen LogP contribution in [0.2, 0.25) is 0 Å². The Hall–Kier alpha value is -3.02. The molecule has 0 spiro atoms. The standard InChI is InChI=1S/C17H16N2O4/c1-21-15-9-11(7-8-14(15)23-10-16(20)22-2)17-18-12-5-3-4-6-13(12)19-17/h3-9H,10H2,1-2H3,(H,18,19). The van der Waals surface area contributed by atoms with Gasteiger partial charge in [-0.1, -0.05) is 12.1 Å². The molecule has 1 aromatic heterocycles. The number of H-pyrrole nitrogens is 1. The Morgan fingerprint density at radius 3 is 2.70 bits per heavy atom. The number of carbonyl (C=O) groups excluding carboxylic acids is 1. The van der Waals surface area contributed by atoms with Gasteiger partial charge in [-0.05, 0) is 30.3 Å². The Bertz CT molecular complexity index is 808. The zero-order chi connectivity index (χ0) is 16.2. The molecule has 23 heavy (non-hydrogen) atoms. The van der Waals surface area contributed by atoms with Crippen LogP contribution in [0.25, 0.3) is 22.4 Å². The zero-order valence-electron chi connectivity index (χ0n) is 12.8. The molecule has 0 fully saturated rings. The lowest BCUT2D eigenvalue weighted by molar-refractivity contribution is -0.142. The number of methoxy groups -OCH3 is 2. The number of nitrogens with zero attached hydrogens (tertiary/aromatic N) is 1. The molecule has 0 bridgehead atoms. The summed E-state index contributed by atoms with van der Waals surface area (Å²) in [6.07, 6.45) is 0. The number of ether oxygens (including phenoxy) is 3. The molecular formula is C17H16N2O4. The van der Waals surface area contributed by atoms with Crippen LogP contribution in [0.4, 0.5) is 0 Å². The molecule has 2 aromatic carbocycles. The first kappa shape index (κ1) is 14.9. The molecular weight excluding hydrogens is 296 g/mol. The van der Waals surface area contributed by atoms with Crippen molar-refractivity contribution in [3.63, 3.8) is 0 Å². The Labute approximate surface area is 133 Å². The fourth-order valence-electron chi connectivity index (χ4n) is 2.22. The number of para-hydroxylation sites is 2. The summed E-state index contributed by atoms with van der Waals surface area (Å²) in [4.78, 5) is 19.0. The van der Waals surface area contributed by atoms with Crippen LogP contribution < -0.4 is 9.47 Å². The van der Waals surface area contributed by atoms with Gasteiger partial charge in [-0.25, -0.2) is 9.78 Å². The summed E-state index contributed by atoms with van der Waals surface area (Å²) in [5, 5.41) is 0. The molecule has 0 radical (unpaired) electrons. The second kappa shape index (κ2) is 6.39. The first-order valence-corrected chi connectivity index (χ1v) is 7.04. The van der Waals surface area contributed by atoms with Crippen LogP contribution in [0.3, 0.4) is 0 Å². The van der Waals surface area contributed by atoms with E-state index in [2.05, 4.69) is 14.7 Å². The van der Waals surface area contributed by atoms with Crippen LogP contribution in [-0.4, -0.2) is 36.8 Å². The van der Waals surface area contributed by atoms with Crippen LogP contribution in [0, 0.1) is 0 Å². The number of carbonyl (C=O) groups is 1. The van der Waals surface area contributed by atoms with Gasteiger partial charge in [0.25, 0.3) is 0 Å². The summed E-state index contributed by atoms with van der Waals surface area (Å²) in [5.74, 6) is 1.28. The molecule has 0 aliphatic carbocycles. The highest BCUT2D eigenvalue weighted by Gasteiger charge is 2.11. The third kappa shape index (κ3) is 3.11. The quantitative estimate of drug-likeness (QED) is 0.733. The average Bonchev–Trinajstić information content (AvgIpc) is 3.03. The lowest BCUT2D eigenvalue weighted by Gasteiger charge is -2.10. The van der Waals surface area contributed by atoms with Crippen molar-refractivity contribution < 1.29 is 19.0 Å². The van der Waals surface area contributed by atoms with Crippen LogP contribution in [0.15, 0.2) is 42.5 Å². The molecule has 118 valence electrons. The first-order chi connectivity index (χ1) is 11.2. The minimum absolute atomic E-state index is 0.170. The largest absolute Gasteiger partial charge is 0.493 e. The van der Waals surface area contributed by atoms with E-state index in [1.807, 2.05) is 36.4 Å². The van der Waals surface area contributed by atoms with Crippen LogP contribution in [0.5, 0.6) is 11.5 Å². The van der Waals surface area contributed by atoms with E-state index in [0.29, 0.717) is 11.5 Å². The lowest BCUT2D eigenvalue weighted by Crippen LogP contribution is -2.12. The van der Waals surface area contributed by atoms with E-state index in [4.69, 9.17) is 9.47 Å². The summed E-state index contributed by atoms with van der Waals surface area (Å²) in [6.45, 7) is -0.170. The second-order valence-electron chi connectivity index (χ2n) is 4.83. The number of rotatable bonds is 5. The van der Waals surface area contributed by atoms with Gasteiger partial charge in [0.15, 0.2) is 18.1 Å². The van der Waals surface area contributed by atoms with E-state index >= 15 is 0 Å². The number of nitrogens with one attached hydrogen (secondary N) is 1. The summed E-state index contributed by atoms with van der Waals surface area (Å²) in [7, 11) is 2.86. The van der Waals surface area contributed by atoms with Crippen LogP contribution in [-0.2, 0) is 9.53 Å². The molecule has 3 aromatic rings. The molecule has 1 heterocycles. The number of hydrogen-bond donors (Lipinski definition) is 1. The van der Waals surface area contributed by atoms with Gasteiger partial charge >= 0.3 is 5.97 Å². The topological polar surface area (TPSA) is 73.4 Å². The maximum Gasteiger partial charge on any atom is 0.343 e. The highest BCUT2D eigenvalue weighted by atomic mass is 16.6. The van der Waals surface area contributed by atoms with E-state index in [9.17, 15) is 4.79 Å². The van der Waals surface area contributed by atoms with Gasteiger partial charge < -0.3 is 19.2 Å². The number of fused-ring (bicyclic) bond motifs is 1. The predicted molar refractivity (Wildman–Crippen MR) is 85.6 cm³/mol. The zero-order valence-corrected chi connectivity index (χ0v) is 12.8. The van der Waals surface area contributed by atoms with Gasteiger partial charge in [0, 0.05) is 5.56 Å². The summed E-state index contributed by atoms with van der Waals surface area (Å²) < 4.78 is 15.3. The van der Waals surface area contributed by atoms with E-state index in [1.54, 1.807) is 13.2 Å². The fourth-order valence-corrected chi connectivity index (χ4v) is 2.22. The molecule has 0 aliphatic rings. The number of aromatic nitrogens is 2. The smallest absolute Gasteiger partial charge is 0.343 e. The molecule has 0 amide bonds. The van der Waals surface area contributed by atoms with Crippen molar-refractivity contribution in [1.29, 1.82) is 0 Å². The minimum Gasteiger partial charge on any atom is -0.493 e. The minimum atomic E-state index is -0.451. The number of esters is 1. The summed E-state index contributed by atoms with van der Waals surface area (Å²) >= 11 is 0. The maximum atomic E-state index is 11.2. The van der Waals surface area contributed by atoms with Gasteiger partial charge in [-0.2, -0.15) is 0 Å². The van der Waals surface area contributed by atoms with Gasteiger partial charge in [0.05, 0.1) is 25.3 Å². The Morgan fingerprint density at radius 2 is 1.96 bits per heavy atom. The molecule has 0 atom stereocenters. The third-order valence-corrected chi connectivity index (χ3v) is 3.40. The van der Waals surface area contributed by atoms with Crippen molar-refractivity contribution >= 4 is 17.0 Å². The van der Waals surface area contributed by atoms with Crippen molar-refractivity contribution in [2.75, 3.05) is 20.8 Å². The Kier molecular flexibility index (Phi) is 4.14. The Morgan fingerprint density at radius 1 is 1.13 bits per heavy atom. The monoisotopic (exact) mass is 312 g/mol. The van der Waals surface area contributed by atoms with Crippen molar-refractivity contribution in [2.24, 2.45) is 0 Å². The highest BCUT2D eigenvalue weighted by molar-refractivity contribution is 5.79. The van der Waals surface area contributed by atoms with Gasteiger partial charge in [0.2, 0.25) is 0 Å². The second-order valence-corrected chi connectivity index (χ2v) is 4.83. The molecule has 0 saturated heterocycles. The molecule has 1 N–H and O–H groups in total. The van der Waals surface area contributed by atoms with E-state index in [-0.39, 0.29) is 6.61 Å². The predicted octanol–water partition coefficient (Wildman–Crippen LogP) is 2.79. The molecule has 0 aliphatic heterocycles. The van der Waals surface area contributed by atoms with Gasteiger partial charge in [-0.3, -0.25) is 0 Å². The van der Waals surface area contributed by atoms with E-state index in [1.165, 1.54) is 7.11 Å². The van der Waals surface area contributed by atoms with Crippen LogP contribution >= 0.6 is 0 Å². The number of imidazole rings is 1. The van der Waals surface area contributed by atoms with Crippen molar-refractivity contribution in [3.8, 4) is 22.9 Å². The Balaban J connectivity index is 1.90. The average molecular weight is 312 g/mol. The van der Waals surface area contributed by atoms with Crippen molar-refractivity contribution in [2.45, 2.75) is 0 Å². The summed E-state index contributed by atoms with van der Waals surface area (Å²) in [5.41, 5.74) is 2.73. The van der Waals surface area contributed by atoms with Crippen molar-refractivity contribution in [1.82, 2.24) is 9.97 Å². The van der Waals surface area contributed by atoms with E-state index in [0.717, 1.165) is 22.4 Å². The summed E-state index contributed by atoms with van der Waals surface area (Å²) in [6, 6.07) is 13.2. The number of hydrogen-bond acceptors (Lipinski definition) is 5. The lowest BCUT2D eigenvalue weighted by atomic mass is 10.2. The molecule has 6 nitrogen and oxygen atoms in total. The molecule has 3 rings (SSSR count). The van der Waals surface area contributed by atoms with E-state index < -0.39 is 5.97 Å². The molecule has 0 saturated carbocycles.